The van der Waals surface area contributed by atoms with Gasteiger partial charge in [0.25, 0.3) is 0 Å². The number of benzene rings is 1. The zero-order chi connectivity index (χ0) is 15.0. The predicted molar refractivity (Wildman–Crippen MR) is 70.8 cm³/mol. The maximum atomic E-state index is 11.9. The number of nitrogens with two attached hydrogens (primary N) is 1. The molecule has 0 aliphatic rings. The molecule has 0 unspecified atom stereocenters. The van der Waals surface area contributed by atoms with Crippen molar-refractivity contribution in [1.82, 2.24) is 5.32 Å². The van der Waals surface area contributed by atoms with Gasteiger partial charge >= 0.3 is 12.0 Å². The highest BCUT2D eigenvalue weighted by Gasteiger charge is 2.27. The van der Waals surface area contributed by atoms with E-state index in [1.54, 1.807) is 24.3 Å². The fourth-order valence-corrected chi connectivity index (χ4v) is 1.60. The number of carbonyl (C=O) groups excluding carboxylic acids is 3. The molecule has 0 bridgehead atoms. The van der Waals surface area contributed by atoms with Gasteiger partial charge in [-0.15, -0.1) is 0 Å². The molecule has 0 saturated carbocycles. The van der Waals surface area contributed by atoms with Crippen molar-refractivity contribution in [2.24, 2.45) is 5.73 Å². The number of hydrogen-bond donors (Lipinski definition) is 2. The highest BCUT2D eigenvalue weighted by Crippen LogP contribution is 2.04. The molecule has 0 saturated heterocycles. The van der Waals surface area contributed by atoms with E-state index in [1.165, 1.54) is 0 Å². The minimum atomic E-state index is -1.04. The molecule has 104 valence electrons. The van der Waals surface area contributed by atoms with Crippen molar-refractivity contribution in [3.63, 3.8) is 0 Å². The number of rotatable bonds is 7. The summed E-state index contributed by atoms with van der Waals surface area (Å²) in [6.07, 6.45) is 0.644. The largest absolute Gasteiger partial charge is 0.361 e. The normalized spacial score (nSPS) is 11.1. The summed E-state index contributed by atoms with van der Waals surface area (Å²) in [5.74, 6) is -2.41. The topological polar surface area (TPSA) is 126 Å². The molecule has 0 fully saturated rings. The summed E-state index contributed by atoms with van der Waals surface area (Å²) in [4.78, 5) is 37.1. The van der Waals surface area contributed by atoms with E-state index in [9.17, 15) is 14.4 Å². The Morgan fingerprint density at radius 1 is 1.30 bits per heavy atom. The molecular formula is C13H14N4O3. The van der Waals surface area contributed by atoms with Crippen LogP contribution in [0.1, 0.15) is 5.56 Å². The lowest BCUT2D eigenvalue weighted by Gasteiger charge is -2.15. The zero-order valence-electron chi connectivity index (χ0n) is 10.7. The molecule has 1 aromatic rings. The van der Waals surface area contributed by atoms with Gasteiger partial charge in [0.05, 0.1) is 6.54 Å². The second-order valence-corrected chi connectivity index (χ2v) is 3.99. The molecule has 1 rings (SSSR count). The molecule has 7 heteroatoms. The molecule has 0 heterocycles. The number of Topliss-reactive ketones (excluding diaryl/α,β-unsaturated/α-hetero) is 2. The average Bonchev–Trinajstić information content (AvgIpc) is 2.47. The molecule has 7 nitrogen and oxygen atoms in total. The first kappa shape index (κ1) is 15.4. The summed E-state index contributed by atoms with van der Waals surface area (Å²) in [5, 5.41) is 2.38. The van der Waals surface area contributed by atoms with Crippen LogP contribution >= 0.6 is 0 Å². The van der Waals surface area contributed by atoms with Crippen molar-refractivity contribution in [3.8, 4) is 0 Å². The summed E-state index contributed by atoms with van der Waals surface area (Å²) in [5.41, 5.74) is 14.2. The molecule has 20 heavy (non-hydrogen) atoms. The Morgan fingerprint density at radius 3 is 2.50 bits per heavy atom. The third kappa shape index (κ3) is 4.56. The minimum absolute atomic E-state index is 0.149. The van der Waals surface area contributed by atoms with E-state index < -0.39 is 23.5 Å². The van der Waals surface area contributed by atoms with Gasteiger partial charge in [0.2, 0.25) is 11.7 Å². The van der Waals surface area contributed by atoms with E-state index in [1.807, 2.05) is 6.07 Å². The van der Waals surface area contributed by atoms with Crippen molar-refractivity contribution >= 4 is 23.7 Å². The van der Waals surface area contributed by atoms with Crippen LogP contribution in [0.3, 0.4) is 0 Å². The molecule has 0 aromatic heterocycles. The van der Waals surface area contributed by atoms with Gasteiger partial charge in [-0.25, -0.2) is 0 Å². The maximum Gasteiger partial charge on any atom is 0.331 e. The number of hydrogen-bond acceptors (Lipinski definition) is 4. The summed E-state index contributed by atoms with van der Waals surface area (Å²) < 4.78 is 0. The average molecular weight is 274 g/mol. The minimum Gasteiger partial charge on any atom is -0.361 e. The third-order valence-corrected chi connectivity index (χ3v) is 2.54. The van der Waals surface area contributed by atoms with Gasteiger partial charge in [-0.2, -0.15) is 4.79 Å². The Hall–Kier alpha value is -2.63. The summed E-state index contributed by atoms with van der Waals surface area (Å²) in [7, 11) is 0. The number of nitrogens with one attached hydrogen (secondary N) is 1. The van der Waals surface area contributed by atoms with Gasteiger partial charge in [-0.3, -0.25) is 14.4 Å². The van der Waals surface area contributed by atoms with Crippen LogP contribution in [-0.2, 0) is 20.8 Å². The van der Waals surface area contributed by atoms with E-state index in [4.69, 9.17) is 11.3 Å². The van der Waals surface area contributed by atoms with Gasteiger partial charge in [-0.1, -0.05) is 30.3 Å². The molecule has 0 radical (unpaired) electrons. The van der Waals surface area contributed by atoms with Crippen molar-refractivity contribution in [2.75, 3.05) is 6.54 Å². The third-order valence-electron chi connectivity index (χ3n) is 2.54. The Labute approximate surface area is 115 Å². The molecule has 0 aliphatic carbocycles. The smallest absolute Gasteiger partial charge is 0.331 e. The van der Waals surface area contributed by atoms with E-state index in [2.05, 4.69) is 10.1 Å². The molecule has 1 atom stereocenters. The molecule has 0 aliphatic heterocycles. The van der Waals surface area contributed by atoms with Crippen LogP contribution < -0.4 is 11.1 Å². The quantitative estimate of drug-likeness (QED) is 0.289. The van der Waals surface area contributed by atoms with Crippen molar-refractivity contribution in [2.45, 2.75) is 12.5 Å². The summed E-state index contributed by atoms with van der Waals surface area (Å²) in [6, 6.07) is 7.84. The van der Waals surface area contributed by atoms with Crippen LogP contribution in [0.4, 0.5) is 0 Å². The van der Waals surface area contributed by atoms with Crippen LogP contribution in [0.25, 0.3) is 5.53 Å². The summed E-state index contributed by atoms with van der Waals surface area (Å²) >= 11 is 0. The first-order valence-electron chi connectivity index (χ1n) is 5.87. The summed E-state index contributed by atoms with van der Waals surface area (Å²) in [6.45, 7) is -0.291. The van der Waals surface area contributed by atoms with Gasteiger partial charge in [-0.05, 0) is 5.56 Å². The second-order valence-electron chi connectivity index (χ2n) is 3.99. The monoisotopic (exact) mass is 274 g/mol. The van der Waals surface area contributed by atoms with Gasteiger partial charge in [0.15, 0.2) is 0 Å². The highest BCUT2D eigenvalue weighted by atomic mass is 16.2. The van der Waals surface area contributed by atoms with E-state index in [0.29, 0.717) is 6.21 Å². The lowest BCUT2D eigenvalue weighted by atomic mass is 10.00. The fraction of sp³-hybridized carbons (Fsp3) is 0.231. The maximum absolute atomic E-state index is 11.9. The van der Waals surface area contributed by atoms with Crippen LogP contribution in [-0.4, -0.2) is 41.1 Å². The predicted octanol–water partition coefficient (Wildman–Crippen LogP) is -0.889. The Bertz CT molecular complexity index is 550. The molecular weight excluding hydrogens is 260 g/mol. The molecule has 3 N–H and O–H groups in total. The Morgan fingerprint density at radius 2 is 1.95 bits per heavy atom. The van der Waals surface area contributed by atoms with E-state index in [0.717, 1.165) is 5.56 Å². The first-order valence-corrected chi connectivity index (χ1v) is 5.87. The SMILES string of the molecule is [N-]=[N+]=CC(=O)C(=O)[C@H](Cc1ccccc1)NC(=O)CN. The number of amides is 1. The van der Waals surface area contributed by atoms with Crippen molar-refractivity contribution in [1.29, 1.82) is 0 Å². The van der Waals surface area contributed by atoms with Crippen LogP contribution in [0.2, 0.25) is 0 Å². The number of carbonyl (C=O) groups is 3. The number of nitrogens with zero attached hydrogens (tertiary/aromatic N) is 2. The lowest BCUT2D eigenvalue weighted by molar-refractivity contribution is -0.136. The van der Waals surface area contributed by atoms with Crippen molar-refractivity contribution < 1.29 is 19.2 Å². The van der Waals surface area contributed by atoms with Gasteiger partial charge in [0.1, 0.15) is 6.04 Å². The van der Waals surface area contributed by atoms with Crippen LogP contribution in [0.5, 0.6) is 0 Å². The molecule has 1 amide bonds. The zero-order valence-corrected chi connectivity index (χ0v) is 10.7. The number of ketones is 2. The fourth-order valence-electron chi connectivity index (χ4n) is 1.60. The first-order chi connectivity index (χ1) is 9.58. The van der Waals surface area contributed by atoms with Crippen LogP contribution in [0, 0.1) is 0 Å². The van der Waals surface area contributed by atoms with Crippen LogP contribution in [0.15, 0.2) is 30.3 Å². The lowest BCUT2D eigenvalue weighted by Crippen LogP contribution is -2.47. The highest BCUT2D eigenvalue weighted by molar-refractivity contribution is 6.59. The van der Waals surface area contributed by atoms with E-state index >= 15 is 0 Å². The molecule has 1 aromatic carbocycles. The Kier molecular flexibility index (Phi) is 5.96. The van der Waals surface area contributed by atoms with Crippen molar-refractivity contribution in [3.05, 3.63) is 41.4 Å². The Balaban J connectivity index is 2.90. The van der Waals surface area contributed by atoms with E-state index in [-0.39, 0.29) is 13.0 Å². The molecule has 0 spiro atoms. The standard InChI is InChI=1S/C13H14N4O3/c14-7-12(19)17-10(13(20)11(18)8-16-15)6-9-4-2-1-3-5-9/h1-5,8,10H,6-7,14H2,(H,17,19)/t10-/m0/s1. The van der Waals surface area contributed by atoms with Gasteiger partial charge < -0.3 is 16.6 Å². The second kappa shape index (κ2) is 7.73. The van der Waals surface area contributed by atoms with Gasteiger partial charge in [0, 0.05) is 6.42 Å².